The Morgan fingerprint density at radius 2 is 2.35 bits per heavy atom. The molecule has 4 heteroatoms. The molecule has 0 saturated carbocycles. The van der Waals surface area contributed by atoms with Crippen molar-refractivity contribution in [3.63, 3.8) is 0 Å². The Kier molecular flexibility index (Phi) is 2.49. The van der Waals surface area contributed by atoms with Crippen molar-refractivity contribution in [2.45, 2.75) is 24.9 Å². The Hall–Kier alpha value is -1.26. The van der Waals surface area contributed by atoms with Gasteiger partial charge in [0.1, 0.15) is 5.82 Å². The summed E-state index contributed by atoms with van der Waals surface area (Å²) >= 11 is 1.52. The molecule has 1 aliphatic rings. The van der Waals surface area contributed by atoms with Crippen molar-refractivity contribution in [1.82, 2.24) is 4.98 Å². The fourth-order valence-corrected chi connectivity index (χ4v) is 3.22. The van der Waals surface area contributed by atoms with E-state index in [9.17, 15) is 9.50 Å². The monoisotopic (exact) mass is 249 g/mol. The smallest absolute Gasteiger partial charge is 0.126 e. The highest BCUT2D eigenvalue weighted by Crippen LogP contribution is 2.40. The van der Waals surface area contributed by atoms with E-state index < -0.39 is 5.60 Å². The molecule has 17 heavy (non-hydrogen) atoms. The first-order valence-electron chi connectivity index (χ1n) is 5.57. The Labute approximate surface area is 103 Å². The zero-order valence-electron chi connectivity index (χ0n) is 9.19. The van der Waals surface area contributed by atoms with E-state index in [2.05, 4.69) is 4.98 Å². The Morgan fingerprint density at radius 1 is 1.47 bits per heavy atom. The molecule has 1 atom stereocenters. The number of fused-ring (bicyclic) bond motifs is 1. The third kappa shape index (κ3) is 1.77. The van der Waals surface area contributed by atoms with Gasteiger partial charge in [-0.2, -0.15) is 0 Å². The number of hydrogen-bond acceptors (Lipinski definition) is 3. The summed E-state index contributed by atoms with van der Waals surface area (Å²) < 4.78 is 13.6. The van der Waals surface area contributed by atoms with Gasteiger partial charge in [0.2, 0.25) is 0 Å². The van der Waals surface area contributed by atoms with Crippen molar-refractivity contribution in [2.24, 2.45) is 0 Å². The molecule has 2 nitrogen and oxygen atoms in total. The van der Waals surface area contributed by atoms with Crippen LogP contribution in [0.2, 0.25) is 0 Å². The topological polar surface area (TPSA) is 33.1 Å². The fraction of sp³-hybridized carbons (Fsp3) is 0.308. The zero-order chi connectivity index (χ0) is 11.9. The SMILES string of the molecule is OC1(Cc2cncs2)CCc2c(F)cccc21. The maximum Gasteiger partial charge on any atom is 0.126 e. The highest BCUT2D eigenvalue weighted by molar-refractivity contribution is 7.09. The first-order valence-corrected chi connectivity index (χ1v) is 6.45. The van der Waals surface area contributed by atoms with Crippen molar-refractivity contribution in [3.05, 3.63) is 51.7 Å². The predicted molar refractivity (Wildman–Crippen MR) is 64.4 cm³/mol. The van der Waals surface area contributed by atoms with Crippen molar-refractivity contribution < 1.29 is 9.50 Å². The number of halogens is 1. The molecule has 0 bridgehead atoms. The van der Waals surface area contributed by atoms with Gasteiger partial charge in [-0.05, 0) is 30.0 Å². The largest absolute Gasteiger partial charge is 0.385 e. The molecule has 2 aromatic rings. The van der Waals surface area contributed by atoms with E-state index >= 15 is 0 Å². The number of benzene rings is 1. The van der Waals surface area contributed by atoms with Gasteiger partial charge in [0.15, 0.2) is 0 Å². The first-order chi connectivity index (χ1) is 8.19. The first kappa shape index (κ1) is 10.9. The van der Waals surface area contributed by atoms with Crippen LogP contribution < -0.4 is 0 Å². The van der Waals surface area contributed by atoms with Crippen LogP contribution in [0.5, 0.6) is 0 Å². The lowest BCUT2D eigenvalue weighted by Crippen LogP contribution is -2.24. The number of aromatic nitrogens is 1. The average molecular weight is 249 g/mol. The van der Waals surface area contributed by atoms with Crippen molar-refractivity contribution >= 4 is 11.3 Å². The van der Waals surface area contributed by atoms with Crippen LogP contribution in [0.15, 0.2) is 29.9 Å². The Balaban J connectivity index is 1.99. The molecule has 0 amide bonds. The lowest BCUT2D eigenvalue weighted by atomic mass is 9.92. The lowest BCUT2D eigenvalue weighted by Gasteiger charge is -2.23. The van der Waals surface area contributed by atoms with Crippen LogP contribution in [0.1, 0.15) is 22.4 Å². The molecule has 1 aliphatic carbocycles. The highest BCUT2D eigenvalue weighted by Gasteiger charge is 2.38. The van der Waals surface area contributed by atoms with Crippen LogP contribution in [0, 0.1) is 5.82 Å². The molecule has 88 valence electrons. The van der Waals surface area contributed by atoms with E-state index in [1.165, 1.54) is 17.4 Å². The summed E-state index contributed by atoms with van der Waals surface area (Å²) in [4.78, 5) is 5.03. The van der Waals surface area contributed by atoms with Gasteiger partial charge in [-0.25, -0.2) is 4.39 Å². The lowest BCUT2D eigenvalue weighted by molar-refractivity contribution is 0.0397. The summed E-state index contributed by atoms with van der Waals surface area (Å²) in [6.07, 6.45) is 3.48. The van der Waals surface area contributed by atoms with Gasteiger partial charge in [-0.1, -0.05) is 12.1 Å². The summed E-state index contributed by atoms with van der Waals surface area (Å²) in [6.45, 7) is 0. The summed E-state index contributed by atoms with van der Waals surface area (Å²) in [5.41, 5.74) is 2.23. The normalized spacial score (nSPS) is 22.7. The molecule has 1 heterocycles. The van der Waals surface area contributed by atoms with E-state index in [4.69, 9.17) is 0 Å². The Bertz CT molecular complexity index is 540. The molecule has 0 saturated heterocycles. The molecule has 0 aliphatic heterocycles. The maximum atomic E-state index is 13.6. The van der Waals surface area contributed by atoms with Gasteiger partial charge < -0.3 is 5.11 Å². The molecule has 1 aromatic carbocycles. The highest BCUT2D eigenvalue weighted by atomic mass is 32.1. The number of rotatable bonds is 2. The van der Waals surface area contributed by atoms with Gasteiger partial charge in [0.25, 0.3) is 0 Å². The van der Waals surface area contributed by atoms with Crippen molar-refractivity contribution in [1.29, 1.82) is 0 Å². The molecule has 0 radical (unpaired) electrons. The number of nitrogens with zero attached hydrogens (tertiary/aromatic N) is 1. The van der Waals surface area contributed by atoms with Crippen LogP contribution in [0.25, 0.3) is 0 Å². The van der Waals surface area contributed by atoms with E-state index in [1.807, 2.05) is 6.07 Å². The number of hydrogen-bond donors (Lipinski definition) is 1. The zero-order valence-corrected chi connectivity index (χ0v) is 10.0. The quantitative estimate of drug-likeness (QED) is 0.887. The van der Waals surface area contributed by atoms with E-state index in [0.717, 1.165) is 10.4 Å². The van der Waals surface area contributed by atoms with Crippen LogP contribution >= 0.6 is 11.3 Å². The molecule has 1 N–H and O–H groups in total. The second-order valence-electron chi connectivity index (χ2n) is 4.44. The van der Waals surface area contributed by atoms with E-state index in [0.29, 0.717) is 24.8 Å². The fourth-order valence-electron chi connectivity index (χ4n) is 2.52. The number of aliphatic hydroxyl groups is 1. The molecule has 0 spiro atoms. The van der Waals surface area contributed by atoms with Crippen molar-refractivity contribution in [2.75, 3.05) is 0 Å². The number of thiazole rings is 1. The van der Waals surface area contributed by atoms with Crippen LogP contribution in [0.3, 0.4) is 0 Å². The second kappa shape index (κ2) is 3.89. The maximum absolute atomic E-state index is 13.6. The van der Waals surface area contributed by atoms with Gasteiger partial charge in [0, 0.05) is 17.5 Å². The van der Waals surface area contributed by atoms with Crippen LogP contribution in [0.4, 0.5) is 4.39 Å². The summed E-state index contributed by atoms with van der Waals surface area (Å²) in [5, 5.41) is 10.7. The van der Waals surface area contributed by atoms with Gasteiger partial charge in [0.05, 0.1) is 11.1 Å². The van der Waals surface area contributed by atoms with Gasteiger partial charge in [-0.3, -0.25) is 4.98 Å². The molecule has 1 aromatic heterocycles. The third-order valence-corrected chi connectivity index (χ3v) is 4.14. The third-order valence-electron chi connectivity index (χ3n) is 3.36. The summed E-state index contributed by atoms with van der Waals surface area (Å²) in [5.74, 6) is -0.206. The summed E-state index contributed by atoms with van der Waals surface area (Å²) in [6, 6.07) is 4.95. The van der Waals surface area contributed by atoms with Crippen molar-refractivity contribution in [3.8, 4) is 0 Å². The predicted octanol–water partition coefficient (Wildman–Crippen LogP) is 2.66. The second-order valence-corrected chi connectivity index (χ2v) is 5.41. The van der Waals surface area contributed by atoms with E-state index in [-0.39, 0.29) is 5.82 Å². The van der Waals surface area contributed by atoms with E-state index in [1.54, 1.807) is 17.8 Å². The summed E-state index contributed by atoms with van der Waals surface area (Å²) in [7, 11) is 0. The molecule has 1 unspecified atom stereocenters. The standard InChI is InChI=1S/C13H12FNOS/c14-12-3-1-2-11-10(12)4-5-13(11,16)6-9-7-15-8-17-9/h1-3,7-8,16H,4-6H2. The molecular weight excluding hydrogens is 237 g/mol. The minimum atomic E-state index is -0.927. The van der Waals surface area contributed by atoms with Gasteiger partial charge >= 0.3 is 0 Å². The van der Waals surface area contributed by atoms with Gasteiger partial charge in [-0.15, -0.1) is 11.3 Å². The Morgan fingerprint density at radius 3 is 3.12 bits per heavy atom. The minimum absolute atomic E-state index is 0.206. The minimum Gasteiger partial charge on any atom is -0.385 e. The van der Waals surface area contributed by atoms with Crippen LogP contribution in [-0.2, 0) is 18.4 Å². The average Bonchev–Trinajstić information content (AvgIpc) is 2.90. The molecule has 0 fully saturated rings. The van der Waals surface area contributed by atoms with Crippen LogP contribution in [-0.4, -0.2) is 10.1 Å². The molecule has 3 rings (SSSR count). The molecular formula is C13H12FNOS.